The standard InChI is InChI=1S/C9H19ClO/c1-5-7(10)6-8(11)9(2,3)4/h7-8,11H,5-6H2,1-4H3. The number of aliphatic hydroxyl groups excluding tert-OH is 1. The van der Waals surface area contributed by atoms with Crippen molar-refractivity contribution in [2.24, 2.45) is 5.41 Å². The van der Waals surface area contributed by atoms with Gasteiger partial charge >= 0.3 is 0 Å². The van der Waals surface area contributed by atoms with Crippen molar-refractivity contribution >= 4 is 11.6 Å². The zero-order valence-electron chi connectivity index (χ0n) is 7.89. The fourth-order valence-corrected chi connectivity index (χ4v) is 0.931. The number of halogens is 1. The Labute approximate surface area is 74.8 Å². The van der Waals surface area contributed by atoms with Gasteiger partial charge in [0.15, 0.2) is 0 Å². The van der Waals surface area contributed by atoms with Crippen LogP contribution in [-0.4, -0.2) is 16.6 Å². The highest BCUT2D eigenvalue weighted by molar-refractivity contribution is 6.20. The zero-order valence-corrected chi connectivity index (χ0v) is 8.65. The van der Waals surface area contributed by atoms with Gasteiger partial charge in [0.05, 0.1) is 6.10 Å². The maximum Gasteiger partial charge on any atom is 0.0602 e. The van der Waals surface area contributed by atoms with Crippen molar-refractivity contribution in [3.8, 4) is 0 Å². The van der Waals surface area contributed by atoms with Crippen LogP contribution in [0.4, 0.5) is 0 Å². The normalized spacial score (nSPS) is 18.0. The van der Waals surface area contributed by atoms with Crippen molar-refractivity contribution in [3.63, 3.8) is 0 Å². The molecule has 0 aromatic heterocycles. The molecular formula is C9H19ClO. The monoisotopic (exact) mass is 178 g/mol. The molecule has 2 heteroatoms. The van der Waals surface area contributed by atoms with E-state index in [2.05, 4.69) is 0 Å². The summed E-state index contributed by atoms with van der Waals surface area (Å²) in [4.78, 5) is 0. The molecule has 0 aliphatic rings. The second-order valence-electron chi connectivity index (χ2n) is 4.12. The van der Waals surface area contributed by atoms with Crippen LogP contribution < -0.4 is 0 Å². The van der Waals surface area contributed by atoms with Crippen LogP contribution >= 0.6 is 11.6 Å². The summed E-state index contributed by atoms with van der Waals surface area (Å²) in [5, 5.41) is 9.72. The highest BCUT2D eigenvalue weighted by Crippen LogP contribution is 2.24. The van der Waals surface area contributed by atoms with Crippen molar-refractivity contribution in [1.29, 1.82) is 0 Å². The van der Waals surface area contributed by atoms with Gasteiger partial charge in [0.2, 0.25) is 0 Å². The van der Waals surface area contributed by atoms with Crippen LogP contribution in [0, 0.1) is 5.41 Å². The molecule has 0 fully saturated rings. The molecule has 0 rings (SSSR count). The minimum Gasteiger partial charge on any atom is -0.393 e. The first-order valence-corrected chi connectivity index (χ1v) is 4.63. The largest absolute Gasteiger partial charge is 0.393 e. The summed E-state index contributed by atoms with van der Waals surface area (Å²) < 4.78 is 0. The highest BCUT2D eigenvalue weighted by atomic mass is 35.5. The first-order valence-electron chi connectivity index (χ1n) is 4.20. The van der Waals surface area contributed by atoms with E-state index in [-0.39, 0.29) is 16.9 Å². The minimum atomic E-state index is -0.287. The van der Waals surface area contributed by atoms with Gasteiger partial charge in [-0.1, -0.05) is 27.7 Å². The molecular weight excluding hydrogens is 160 g/mol. The second-order valence-corrected chi connectivity index (χ2v) is 4.74. The topological polar surface area (TPSA) is 20.2 Å². The molecule has 0 heterocycles. The Morgan fingerprint density at radius 2 is 1.82 bits per heavy atom. The summed E-state index contributed by atoms with van der Waals surface area (Å²) >= 11 is 5.91. The van der Waals surface area contributed by atoms with Gasteiger partial charge in [-0.3, -0.25) is 0 Å². The lowest BCUT2D eigenvalue weighted by Gasteiger charge is -2.27. The van der Waals surface area contributed by atoms with E-state index >= 15 is 0 Å². The first kappa shape index (κ1) is 11.2. The van der Waals surface area contributed by atoms with Crippen LogP contribution in [0.3, 0.4) is 0 Å². The number of aliphatic hydroxyl groups is 1. The van der Waals surface area contributed by atoms with E-state index in [1.807, 2.05) is 27.7 Å². The summed E-state index contributed by atoms with van der Waals surface area (Å²) in [6.45, 7) is 8.11. The van der Waals surface area contributed by atoms with Gasteiger partial charge in [-0.15, -0.1) is 11.6 Å². The quantitative estimate of drug-likeness (QED) is 0.659. The summed E-state index contributed by atoms with van der Waals surface area (Å²) in [5.74, 6) is 0. The molecule has 0 saturated heterocycles. The van der Waals surface area contributed by atoms with Gasteiger partial charge in [0, 0.05) is 5.38 Å². The van der Waals surface area contributed by atoms with E-state index < -0.39 is 0 Å². The molecule has 0 bridgehead atoms. The van der Waals surface area contributed by atoms with Gasteiger partial charge in [-0.25, -0.2) is 0 Å². The van der Waals surface area contributed by atoms with E-state index in [4.69, 9.17) is 11.6 Å². The molecule has 2 unspecified atom stereocenters. The molecule has 68 valence electrons. The molecule has 0 aliphatic heterocycles. The van der Waals surface area contributed by atoms with Crippen LogP contribution in [0.1, 0.15) is 40.5 Å². The zero-order chi connectivity index (χ0) is 9.07. The van der Waals surface area contributed by atoms with E-state index in [0.717, 1.165) is 6.42 Å². The van der Waals surface area contributed by atoms with Crippen LogP contribution in [0.2, 0.25) is 0 Å². The first-order chi connectivity index (χ1) is 4.88. The van der Waals surface area contributed by atoms with Crippen molar-refractivity contribution in [1.82, 2.24) is 0 Å². The maximum absolute atomic E-state index is 9.60. The Balaban J connectivity index is 3.77. The molecule has 0 aliphatic carbocycles. The molecule has 0 aromatic rings. The lowest BCUT2D eigenvalue weighted by Crippen LogP contribution is -2.28. The Bertz CT molecular complexity index is 107. The molecule has 0 radical (unpaired) electrons. The summed E-state index contributed by atoms with van der Waals surface area (Å²) in [7, 11) is 0. The van der Waals surface area contributed by atoms with Gasteiger partial charge in [0.25, 0.3) is 0 Å². The highest BCUT2D eigenvalue weighted by Gasteiger charge is 2.23. The van der Waals surface area contributed by atoms with Crippen LogP contribution in [0.25, 0.3) is 0 Å². The number of rotatable bonds is 3. The number of hydrogen-bond acceptors (Lipinski definition) is 1. The Morgan fingerprint density at radius 3 is 2.09 bits per heavy atom. The van der Waals surface area contributed by atoms with Crippen LogP contribution in [0.5, 0.6) is 0 Å². The molecule has 0 spiro atoms. The molecule has 11 heavy (non-hydrogen) atoms. The fraction of sp³-hybridized carbons (Fsp3) is 1.00. The van der Waals surface area contributed by atoms with Gasteiger partial charge in [0.1, 0.15) is 0 Å². The average Bonchev–Trinajstić information content (AvgIpc) is 1.85. The van der Waals surface area contributed by atoms with Gasteiger partial charge in [-0.05, 0) is 18.3 Å². The molecule has 2 atom stereocenters. The molecule has 0 saturated carbocycles. The van der Waals surface area contributed by atoms with Gasteiger partial charge in [-0.2, -0.15) is 0 Å². The molecule has 1 nitrogen and oxygen atoms in total. The maximum atomic E-state index is 9.60. The average molecular weight is 179 g/mol. The summed E-state index contributed by atoms with van der Waals surface area (Å²) in [6.07, 6.45) is 1.33. The van der Waals surface area contributed by atoms with E-state index in [9.17, 15) is 5.11 Å². The van der Waals surface area contributed by atoms with E-state index in [1.165, 1.54) is 0 Å². The molecule has 0 amide bonds. The third kappa shape index (κ3) is 4.65. The van der Waals surface area contributed by atoms with Crippen molar-refractivity contribution in [2.75, 3.05) is 0 Å². The number of hydrogen-bond donors (Lipinski definition) is 1. The number of alkyl halides is 1. The Kier molecular flexibility index (Phi) is 4.42. The predicted octanol–water partition coefficient (Wildman–Crippen LogP) is 2.80. The second kappa shape index (κ2) is 4.32. The van der Waals surface area contributed by atoms with Crippen LogP contribution in [0.15, 0.2) is 0 Å². The Morgan fingerprint density at radius 1 is 1.36 bits per heavy atom. The van der Waals surface area contributed by atoms with Gasteiger partial charge < -0.3 is 5.11 Å². The summed E-state index contributed by atoms with van der Waals surface area (Å²) in [5.41, 5.74) is -0.0394. The SMILES string of the molecule is CCC(Cl)CC(O)C(C)(C)C. The van der Waals surface area contributed by atoms with E-state index in [1.54, 1.807) is 0 Å². The third-order valence-corrected chi connectivity index (χ3v) is 2.41. The molecule has 0 aromatic carbocycles. The van der Waals surface area contributed by atoms with E-state index in [0.29, 0.717) is 6.42 Å². The smallest absolute Gasteiger partial charge is 0.0602 e. The summed E-state index contributed by atoms with van der Waals surface area (Å²) in [6, 6.07) is 0. The molecule has 1 N–H and O–H groups in total. The fourth-order valence-electron chi connectivity index (χ4n) is 0.762. The minimum absolute atomic E-state index is 0.0394. The predicted molar refractivity (Wildman–Crippen MR) is 50.0 cm³/mol. The van der Waals surface area contributed by atoms with Crippen molar-refractivity contribution < 1.29 is 5.11 Å². The van der Waals surface area contributed by atoms with Crippen molar-refractivity contribution in [2.45, 2.75) is 52.0 Å². The van der Waals surface area contributed by atoms with Crippen LogP contribution in [-0.2, 0) is 0 Å². The lowest BCUT2D eigenvalue weighted by molar-refractivity contribution is 0.0547. The third-order valence-electron chi connectivity index (χ3n) is 1.92. The Hall–Kier alpha value is 0.250. The lowest BCUT2D eigenvalue weighted by atomic mass is 9.86. The van der Waals surface area contributed by atoms with Crippen molar-refractivity contribution in [3.05, 3.63) is 0 Å².